The lowest BCUT2D eigenvalue weighted by Gasteiger charge is -2.25. The van der Waals surface area contributed by atoms with E-state index >= 15 is 0 Å². The van der Waals surface area contributed by atoms with Gasteiger partial charge >= 0.3 is 11.9 Å². The number of carboxylic acids is 2. The summed E-state index contributed by atoms with van der Waals surface area (Å²) in [6.45, 7) is -0.329. The van der Waals surface area contributed by atoms with Crippen LogP contribution in [-0.2, 0) is 38.4 Å². The number of nitrogens with two attached hydrogens (primary N) is 3. The van der Waals surface area contributed by atoms with E-state index in [0.29, 0.717) is 25.8 Å². The highest BCUT2D eigenvalue weighted by molar-refractivity contribution is 5.97. The third-order valence-electron chi connectivity index (χ3n) is 5.99. The Kier molecular flexibility index (Phi) is 18.4. The molecule has 6 amide bonds. The van der Waals surface area contributed by atoms with Crippen LogP contribution in [-0.4, -0.2) is 124 Å². The van der Waals surface area contributed by atoms with Gasteiger partial charge in [0.25, 0.3) is 0 Å². The minimum Gasteiger partial charge on any atom is -0.481 e. The van der Waals surface area contributed by atoms with Gasteiger partial charge in [0.05, 0.1) is 25.7 Å². The van der Waals surface area contributed by atoms with Crippen molar-refractivity contribution in [3.63, 3.8) is 0 Å². The molecule has 250 valence electrons. The number of hydrogen-bond acceptors (Lipinski definition) is 12. The monoisotopic (exact) mass is 634 g/mol. The van der Waals surface area contributed by atoms with Gasteiger partial charge in [-0.25, -0.2) is 4.79 Å². The average Bonchev–Trinajstić information content (AvgIpc) is 2.95. The molecule has 0 aliphatic heterocycles. The van der Waals surface area contributed by atoms with Gasteiger partial charge in [0.1, 0.15) is 30.2 Å². The molecule has 20 heteroatoms. The molecule has 0 aromatic rings. The van der Waals surface area contributed by atoms with Gasteiger partial charge in [0, 0.05) is 6.42 Å². The summed E-state index contributed by atoms with van der Waals surface area (Å²) in [7, 11) is 0. The van der Waals surface area contributed by atoms with Crippen LogP contribution in [0.4, 0.5) is 0 Å². The van der Waals surface area contributed by atoms with Crippen LogP contribution >= 0.6 is 0 Å². The molecule has 0 radical (unpaired) electrons. The number of aliphatic carboxylic acids is 2. The molecule has 0 aliphatic rings. The lowest BCUT2D eigenvalue weighted by atomic mass is 10.1. The lowest BCUT2D eigenvalue weighted by molar-refractivity contribution is -0.144. The fourth-order valence-corrected chi connectivity index (χ4v) is 3.47. The van der Waals surface area contributed by atoms with Crippen molar-refractivity contribution in [3.8, 4) is 0 Å². The number of aliphatic hydroxyl groups is 2. The third-order valence-corrected chi connectivity index (χ3v) is 5.99. The number of rotatable bonds is 22. The molecule has 44 heavy (non-hydrogen) atoms. The standard InChI is InChI=1S/C24H42N8O12/c1-11(28-20(39)12(26)4-2-3-7-25)19(38)31-15(9-33)23(42)30-14(8-17(27)35)22(41)29-13(5-6-18(36)37)21(40)32-16(10-34)24(43)44/h11-16,33-34H,2-10,25-26H2,1H3,(H2,27,35)(H,28,39)(H,29,41)(H,30,42)(H,31,38)(H,32,40)(H,36,37)(H,43,44)/t11-,12-,13-,14-,15-,16-/m0/s1. The SMILES string of the molecule is C[C@H](NC(=O)[C@@H](N)CCCCN)C(=O)N[C@@H](CO)C(=O)N[C@@H](CC(N)=O)C(=O)N[C@@H](CCC(=O)O)C(=O)N[C@@H](CO)C(=O)O. The van der Waals surface area contributed by atoms with Crippen LogP contribution in [0, 0.1) is 0 Å². The summed E-state index contributed by atoms with van der Waals surface area (Å²) in [5.74, 6) is -9.28. The largest absolute Gasteiger partial charge is 0.481 e. The Bertz CT molecular complexity index is 1040. The van der Waals surface area contributed by atoms with E-state index < -0.39 is 116 Å². The smallest absolute Gasteiger partial charge is 0.328 e. The Morgan fingerprint density at radius 1 is 0.659 bits per heavy atom. The van der Waals surface area contributed by atoms with Crippen molar-refractivity contribution >= 4 is 47.4 Å². The van der Waals surface area contributed by atoms with Crippen LogP contribution in [0.25, 0.3) is 0 Å². The number of carbonyl (C=O) groups is 8. The zero-order valence-electron chi connectivity index (χ0n) is 24.1. The van der Waals surface area contributed by atoms with Crippen molar-refractivity contribution in [2.75, 3.05) is 19.8 Å². The molecule has 0 rings (SSSR count). The maximum Gasteiger partial charge on any atom is 0.328 e. The van der Waals surface area contributed by atoms with Gasteiger partial charge in [-0.2, -0.15) is 0 Å². The average molecular weight is 635 g/mol. The van der Waals surface area contributed by atoms with Crippen LogP contribution in [0.3, 0.4) is 0 Å². The number of carbonyl (C=O) groups excluding carboxylic acids is 6. The predicted octanol–water partition coefficient (Wildman–Crippen LogP) is -6.30. The molecule has 0 aromatic carbocycles. The molecule has 15 N–H and O–H groups in total. The molecule has 0 aromatic heterocycles. The van der Waals surface area contributed by atoms with Gasteiger partial charge in [-0.3, -0.25) is 33.6 Å². The Morgan fingerprint density at radius 3 is 1.66 bits per heavy atom. The van der Waals surface area contributed by atoms with Gasteiger partial charge in [0.2, 0.25) is 35.4 Å². The summed E-state index contributed by atoms with van der Waals surface area (Å²) >= 11 is 0. The van der Waals surface area contributed by atoms with Crippen LogP contribution in [0.1, 0.15) is 45.4 Å². The van der Waals surface area contributed by atoms with Crippen LogP contribution in [0.2, 0.25) is 0 Å². The highest BCUT2D eigenvalue weighted by Crippen LogP contribution is 2.03. The van der Waals surface area contributed by atoms with E-state index in [9.17, 15) is 43.5 Å². The summed E-state index contributed by atoms with van der Waals surface area (Å²) < 4.78 is 0. The van der Waals surface area contributed by atoms with E-state index in [1.165, 1.54) is 6.92 Å². The van der Waals surface area contributed by atoms with E-state index in [1.807, 2.05) is 5.32 Å². The van der Waals surface area contributed by atoms with Gasteiger partial charge in [-0.15, -0.1) is 0 Å². The summed E-state index contributed by atoms with van der Waals surface area (Å²) in [6.07, 6.45) is -0.548. The Balaban J connectivity index is 5.58. The fourth-order valence-electron chi connectivity index (χ4n) is 3.47. The van der Waals surface area contributed by atoms with Crippen molar-refractivity contribution in [1.82, 2.24) is 26.6 Å². The molecule has 0 unspecified atom stereocenters. The second-order valence-electron chi connectivity index (χ2n) is 9.67. The van der Waals surface area contributed by atoms with Gasteiger partial charge in [-0.05, 0) is 32.7 Å². The zero-order chi connectivity index (χ0) is 34.0. The first kappa shape index (κ1) is 39.6. The number of hydrogen-bond donors (Lipinski definition) is 12. The van der Waals surface area contributed by atoms with Crippen LogP contribution < -0.4 is 43.8 Å². The van der Waals surface area contributed by atoms with Gasteiger partial charge in [0.15, 0.2) is 0 Å². The molecule has 0 aliphatic carbocycles. The molecular formula is C24H42N8O12. The number of nitrogens with one attached hydrogen (secondary N) is 5. The quantitative estimate of drug-likeness (QED) is 0.0493. The molecule has 0 heterocycles. The summed E-state index contributed by atoms with van der Waals surface area (Å²) in [4.78, 5) is 96.9. The van der Waals surface area contributed by atoms with Crippen molar-refractivity contribution < 1.29 is 58.8 Å². The normalized spacial score (nSPS) is 14.8. The maximum absolute atomic E-state index is 12.9. The molecule has 20 nitrogen and oxygen atoms in total. The zero-order valence-corrected chi connectivity index (χ0v) is 24.1. The Hall–Kier alpha value is -4.40. The number of primary amides is 1. The Labute approximate surface area is 251 Å². The highest BCUT2D eigenvalue weighted by atomic mass is 16.4. The molecular weight excluding hydrogens is 592 g/mol. The molecule has 0 saturated carbocycles. The minimum absolute atomic E-state index is 0.308. The number of aliphatic hydroxyl groups excluding tert-OH is 2. The molecule has 6 atom stereocenters. The number of amides is 6. The van der Waals surface area contributed by atoms with Crippen molar-refractivity contribution in [2.45, 2.75) is 81.7 Å². The van der Waals surface area contributed by atoms with Crippen molar-refractivity contribution in [1.29, 1.82) is 0 Å². The van der Waals surface area contributed by atoms with Gasteiger partial charge in [-0.1, -0.05) is 6.42 Å². The van der Waals surface area contributed by atoms with E-state index in [1.54, 1.807) is 0 Å². The molecule has 0 spiro atoms. The van der Waals surface area contributed by atoms with Crippen molar-refractivity contribution in [2.24, 2.45) is 17.2 Å². The molecule has 0 bridgehead atoms. The first-order valence-electron chi connectivity index (χ1n) is 13.5. The van der Waals surface area contributed by atoms with Crippen LogP contribution in [0.15, 0.2) is 0 Å². The summed E-state index contributed by atoms with van der Waals surface area (Å²) in [5, 5.41) is 47.4. The van der Waals surface area contributed by atoms with Crippen molar-refractivity contribution in [3.05, 3.63) is 0 Å². The van der Waals surface area contributed by atoms with E-state index in [0.717, 1.165) is 0 Å². The molecule has 0 saturated heterocycles. The van der Waals surface area contributed by atoms with E-state index in [-0.39, 0.29) is 0 Å². The Morgan fingerprint density at radius 2 is 1.16 bits per heavy atom. The first-order chi connectivity index (χ1) is 20.6. The predicted molar refractivity (Wildman–Crippen MR) is 149 cm³/mol. The minimum atomic E-state index is -1.80. The van der Waals surface area contributed by atoms with E-state index in [4.69, 9.17) is 32.5 Å². The first-order valence-corrected chi connectivity index (χ1v) is 13.5. The molecule has 0 fully saturated rings. The summed E-state index contributed by atoms with van der Waals surface area (Å²) in [5.41, 5.74) is 16.3. The lowest BCUT2D eigenvalue weighted by Crippen LogP contribution is -2.60. The summed E-state index contributed by atoms with van der Waals surface area (Å²) in [6, 6.07) is -9.13. The van der Waals surface area contributed by atoms with Gasteiger partial charge < -0.3 is 64.2 Å². The second kappa shape index (κ2) is 20.5. The number of carboxylic acid groups (broad SMARTS) is 2. The topological polar surface area (TPSA) is 356 Å². The third kappa shape index (κ3) is 15.2. The number of unbranched alkanes of at least 4 members (excludes halogenated alkanes) is 1. The van der Waals surface area contributed by atoms with Crippen LogP contribution in [0.5, 0.6) is 0 Å². The maximum atomic E-state index is 12.9. The second-order valence-corrected chi connectivity index (χ2v) is 9.67. The highest BCUT2D eigenvalue weighted by Gasteiger charge is 2.32. The van der Waals surface area contributed by atoms with E-state index in [2.05, 4.69) is 21.3 Å². The fraction of sp³-hybridized carbons (Fsp3) is 0.667.